The first kappa shape index (κ1) is 16.8. The number of fused-ring (bicyclic) bond motifs is 2. The van der Waals surface area contributed by atoms with Crippen LogP contribution in [0.25, 0.3) is 27.8 Å². The molecule has 4 aromatic rings. The molecule has 0 aliphatic carbocycles. The first-order valence-corrected chi connectivity index (χ1v) is 9.42. The molecule has 0 bridgehead atoms. The Morgan fingerprint density at radius 2 is 2.00 bits per heavy atom. The highest BCUT2D eigenvalue weighted by Crippen LogP contribution is 2.30. The van der Waals surface area contributed by atoms with E-state index in [-0.39, 0.29) is 5.91 Å². The normalized spacial score (nSPS) is 13.9. The maximum atomic E-state index is 11.9. The van der Waals surface area contributed by atoms with Crippen LogP contribution in [0.15, 0.2) is 42.9 Å². The lowest BCUT2D eigenvalue weighted by Crippen LogP contribution is -2.34. The SMILES string of the molecule is CC(=O)N1CCc2c(c(-n3ccc4ccc(-c5cnn(C)c5)cc43)nn2C)C1. The third kappa shape index (κ3) is 2.54. The van der Waals surface area contributed by atoms with Gasteiger partial charge >= 0.3 is 0 Å². The summed E-state index contributed by atoms with van der Waals surface area (Å²) in [5, 5.41) is 10.3. The van der Waals surface area contributed by atoms with Crippen molar-refractivity contribution in [1.82, 2.24) is 29.0 Å². The van der Waals surface area contributed by atoms with Crippen LogP contribution in [-0.2, 0) is 31.9 Å². The number of aromatic nitrogens is 5. The van der Waals surface area contributed by atoms with E-state index < -0.39 is 0 Å². The highest BCUT2D eigenvalue weighted by Gasteiger charge is 2.26. The number of rotatable bonds is 2. The minimum Gasteiger partial charge on any atom is -0.338 e. The van der Waals surface area contributed by atoms with Crippen LogP contribution < -0.4 is 0 Å². The molecule has 0 saturated carbocycles. The molecule has 1 aliphatic rings. The number of aryl methyl sites for hydroxylation is 2. The predicted molar refractivity (Wildman–Crippen MR) is 107 cm³/mol. The topological polar surface area (TPSA) is 60.9 Å². The van der Waals surface area contributed by atoms with Gasteiger partial charge in [0.05, 0.1) is 18.3 Å². The summed E-state index contributed by atoms with van der Waals surface area (Å²) in [6, 6.07) is 8.54. The second-order valence-corrected chi connectivity index (χ2v) is 7.43. The fraction of sp³-hybridized carbons (Fsp3) is 0.286. The minimum atomic E-state index is 0.108. The molecule has 28 heavy (non-hydrogen) atoms. The number of carbonyl (C=O) groups excluding carboxylic acids is 1. The van der Waals surface area contributed by atoms with Crippen molar-refractivity contribution in [3.05, 3.63) is 54.1 Å². The summed E-state index contributed by atoms with van der Waals surface area (Å²) in [5.74, 6) is 1.01. The molecule has 4 heterocycles. The van der Waals surface area contributed by atoms with Gasteiger partial charge in [-0.2, -0.15) is 10.2 Å². The summed E-state index contributed by atoms with van der Waals surface area (Å²) in [7, 11) is 3.91. The molecule has 1 aromatic carbocycles. The van der Waals surface area contributed by atoms with Crippen LogP contribution in [0.5, 0.6) is 0 Å². The standard InChI is InChI=1S/C21H22N6O/c1-14(28)26-8-7-19-18(13-26)21(23-25(19)3)27-9-6-15-4-5-16(10-20(15)27)17-11-22-24(2)12-17/h4-6,9-12H,7-8,13H2,1-3H3. The molecule has 0 fully saturated rings. The number of hydrogen-bond acceptors (Lipinski definition) is 3. The summed E-state index contributed by atoms with van der Waals surface area (Å²) in [6.07, 6.45) is 6.79. The fourth-order valence-electron chi connectivity index (χ4n) is 4.10. The number of benzene rings is 1. The molecule has 3 aromatic heterocycles. The van der Waals surface area contributed by atoms with E-state index in [2.05, 4.69) is 40.1 Å². The van der Waals surface area contributed by atoms with Gasteiger partial charge in [0.1, 0.15) is 0 Å². The average molecular weight is 374 g/mol. The predicted octanol–water partition coefficient (Wildman–Crippen LogP) is 2.67. The molecule has 0 radical (unpaired) electrons. The Morgan fingerprint density at radius 1 is 1.14 bits per heavy atom. The monoisotopic (exact) mass is 374 g/mol. The lowest BCUT2D eigenvalue weighted by molar-refractivity contribution is -0.129. The van der Waals surface area contributed by atoms with Gasteiger partial charge in [-0.1, -0.05) is 12.1 Å². The molecule has 7 heteroatoms. The fourth-order valence-corrected chi connectivity index (χ4v) is 4.10. The molecular weight excluding hydrogens is 352 g/mol. The average Bonchev–Trinajstić information content (AvgIpc) is 3.38. The van der Waals surface area contributed by atoms with Crippen LogP contribution in [0.4, 0.5) is 0 Å². The molecule has 0 unspecified atom stereocenters. The Kier molecular flexibility index (Phi) is 3.65. The molecule has 7 nitrogen and oxygen atoms in total. The molecule has 1 aliphatic heterocycles. The van der Waals surface area contributed by atoms with E-state index in [1.807, 2.05) is 40.8 Å². The highest BCUT2D eigenvalue weighted by molar-refractivity contribution is 5.86. The van der Waals surface area contributed by atoms with Crippen LogP contribution >= 0.6 is 0 Å². The Balaban J connectivity index is 1.65. The smallest absolute Gasteiger partial charge is 0.219 e. The van der Waals surface area contributed by atoms with E-state index in [4.69, 9.17) is 5.10 Å². The summed E-state index contributed by atoms with van der Waals surface area (Å²) in [4.78, 5) is 13.8. The van der Waals surface area contributed by atoms with Gasteiger partial charge < -0.3 is 4.90 Å². The van der Waals surface area contributed by atoms with E-state index in [9.17, 15) is 4.79 Å². The highest BCUT2D eigenvalue weighted by atomic mass is 16.2. The van der Waals surface area contributed by atoms with Gasteiger partial charge in [0, 0.05) is 68.6 Å². The summed E-state index contributed by atoms with van der Waals surface area (Å²) in [6.45, 7) is 2.99. The van der Waals surface area contributed by atoms with Crippen LogP contribution in [0.3, 0.4) is 0 Å². The van der Waals surface area contributed by atoms with Gasteiger partial charge in [0.25, 0.3) is 0 Å². The molecule has 5 rings (SSSR count). The van der Waals surface area contributed by atoms with Crippen molar-refractivity contribution in [3.63, 3.8) is 0 Å². The molecule has 0 spiro atoms. The van der Waals surface area contributed by atoms with Gasteiger partial charge in [-0.15, -0.1) is 0 Å². The first-order chi connectivity index (χ1) is 13.5. The van der Waals surface area contributed by atoms with Gasteiger partial charge in [-0.05, 0) is 17.7 Å². The first-order valence-electron chi connectivity index (χ1n) is 9.42. The second kappa shape index (κ2) is 6.09. The number of carbonyl (C=O) groups is 1. The Morgan fingerprint density at radius 3 is 2.75 bits per heavy atom. The van der Waals surface area contributed by atoms with Crippen molar-refractivity contribution in [1.29, 1.82) is 0 Å². The zero-order chi connectivity index (χ0) is 19.4. The lowest BCUT2D eigenvalue weighted by atomic mass is 10.1. The molecule has 0 atom stereocenters. The summed E-state index contributed by atoms with van der Waals surface area (Å²) in [5.41, 5.74) is 5.65. The van der Waals surface area contributed by atoms with E-state index in [1.54, 1.807) is 6.92 Å². The van der Waals surface area contributed by atoms with Gasteiger partial charge in [-0.3, -0.25) is 18.7 Å². The molecule has 0 N–H and O–H groups in total. The van der Waals surface area contributed by atoms with Crippen LogP contribution in [0, 0.1) is 0 Å². The van der Waals surface area contributed by atoms with Crippen molar-refractivity contribution in [2.24, 2.45) is 14.1 Å². The third-order valence-corrected chi connectivity index (χ3v) is 5.63. The van der Waals surface area contributed by atoms with Gasteiger partial charge in [0.2, 0.25) is 5.91 Å². The van der Waals surface area contributed by atoms with Crippen molar-refractivity contribution >= 4 is 16.8 Å². The largest absolute Gasteiger partial charge is 0.338 e. The number of hydrogen-bond donors (Lipinski definition) is 0. The summed E-state index contributed by atoms with van der Waals surface area (Å²) < 4.78 is 5.90. The second-order valence-electron chi connectivity index (χ2n) is 7.43. The number of amides is 1. The number of nitrogens with zero attached hydrogens (tertiary/aromatic N) is 6. The lowest BCUT2D eigenvalue weighted by Gasteiger charge is -2.26. The van der Waals surface area contributed by atoms with Crippen LogP contribution in [0.2, 0.25) is 0 Å². The van der Waals surface area contributed by atoms with E-state index >= 15 is 0 Å². The van der Waals surface area contributed by atoms with Gasteiger partial charge in [-0.25, -0.2) is 0 Å². The zero-order valence-electron chi connectivity index (χ0n) is 16.3. The molecule has 1 amide bonds. The molecule has 0 saturated heterocycles. The summed E-state index contributed by atoms with van der Waals surface area (Å²) >= 11 is 0. The quantitative estimate of drug-likeness (QED) is 0.542. The van der Waals surface area contributed by atoms with Crippen LogP contribution in [0.1, 0.15) is 18.2 Å². The van der Waals surface area contributed by atoms with Crippen molar-refractivity contribution in [3.8, 4) is 16.9 Å². The van der Waals surface area contributed by atoms with Crippen LogP contribution in [-0.4, -0.2) is 41.5 Å². The van der Waals surface area contributed by atoms with Crippen molar-refractivity contribution in [2.45, 2.75) is 19.9 Å². The van der Waals surface area contributed by atoms with Crippen molar-refractivity contribution in [2.75, 3.05) is 6.54 Å². The molecule has 142 valence electrons. The maximum Gasteiger partial charge on any atom is 0.219 e. The third-order valence-electron chi connectivity index (χ3n) is 5.63. The van der Waals surface area contributed by atoms with Gasteiger partial charge in [0.15, 0.2) is 5.82 Å². The Labute approximate surface area is 162 Å². The Bertz CT molecular complexity index is 1210. The molecular formula is C21H22N6O. The minimum absolute atomic E-state index is 0.108. The zero-order valence-corrected chi connectivity index (χ0v) is 16.3. The maximum absolute atomic E-state index is 11.9. The van der Waals surface area contributed by atoms with E-state index in [0.717, 1.165) is 46.4 Å². The Hall–Kier alpha value is -3.35. The van der Waals surface area contributed by atoms with E-state index in [1.165, 1.54) is 5.69 Å². The van der Waals surface area contributed by atoms with E-state index in [0.29, 0.717) is 6.54 Å². The van der Waals surface area contributed by atoms with Crippen molar-refractivity contribution < 1.29 is 4.79 Å².